The summed E-state index contributed by atoms with van der Waals surface area (Å²) >= 11 is 1.37. The van der Waals surface area contributed by atoms with Crippen LogP contribution in [0.15, 0.2) is 23.6 Å². The van der Waals surface area contributed by atoms with E-state index in [9.17, 15) is 13.6 Å². The molecule has 7 heteroatoms. The molecule has 1 fully saturated rings. The summed E-state index contributed by atoms with van der Waals surface area (Å²) in [4.78, 5) is 18.3. The van der Waals surface area contributed by atoms with Gasteiger partial charge in [0.05, 0.1) is 5.69 Å². The number of benzene rings is 1. The first kappa shape index (κ1) is 16.8. The lowest BCUT2D eigenvalue weighted by molar-refractivity contribution is -0.130. The van der Waals surface area contributed by atoms with Gasteiger partial charge in [-0.05, 0) is 42.9 Å². The first-order valence-electron chi connectivity index (χ1n) is 7.92. The minimum Gasteiger partial charge on any atom is -0.375 e. The van der Waals surface area contributed by atoms with Crippen LogP contribution in [0.25, 0.3) is 0 Å². The van der Waals surface area contributed by atoms with Gasteiger partial charge >= 0.3 is 0 Å². The maximum absolute atomic E-state index is 13.3. The standard InChI is InChI=1S/C17H19F2N3OS/c18-13-6-12(7-14(19)8-13)5-11-3-4-22(9-11)16(23)2-1-15-10-24-17(20)21-15/h6-8,10-11H,1-5,9H2,(H2,20,21). The average Bonchev–Trinajstić information content (AvgIpc) is 3.13. The highest BCUT2D eigenvalue weighted by Crippen LogP contribution is 2.23. The van der Waals surface area contributed by atoms with Gasteiger partial charge in [-0.3, -0.25) is 4.79 Å². The summed E-state index contributed by atoms with van der Waals surface area (Å²) in [5.74, 6) is -0.781. The summed E-state index contributed by atoms with van der Waals surface area (Å²) in [6.45, 7) is 1.33. The molecule has 1 aliphatic rings. The van der Waals surface area contributed by atoms with Crippen LogP contribution in [-0.4, -0.2) is 28.9 Å². The van der Waals surface area contributed by atoms with Crippen LogP contribution < -0.4 is 5.73 Å². The highest BCUT2D eigenvalue weighted by molar-refractivity contribution is 7.13. The largest absolute Gasteiger partial charge is 0.375 e. The lowest BCUT2D eigenvalue weighted by Crippen LogP contribution is -2.29. The molecule has 2 aromatic rings. The van der Waals surface area contributed by atoms with E-state index in [0.29, 0.717) is 43.0 Å². The van der Waals surface area contributed by atoms with Crippen molar-refractivity contribution in [3.05, 3.63) is 46.5 Å². The molecule has 128 valence electrons. The van der Waals surface area contributed by atoms with E-state index in [1.54, 1.807) is 0 Å². The molecule has 1 amide bonds. The fraction of sp³-hybridized carbons (Fsp3) is 0.412. The van der Waals surface area contributed by atoms with Gasteiger partial charge in [0.25, 0.3) is 0 Å². The van der Waals surface area contributed by atoms with Gasteiger partial charge in [-0.1, -0.05) is 0 Å². The smallest absolute Gasteiger partial charge is 0.222 e. The normalized spacial score (nSPS) is 17.4. The summed E-state index contributed by atoms with van der Waals surface area (Å²) in [5.41, 5.74) is 7.07. The van der Waals surface area contributed by atoms with Crippen molar-refractivity contribution in [3.8, 4) is 0 Å². The van der Waals surface area contributed by atoms with Crippen molar-refractivity contribution in [1.82, 2.24) is 9.88 Å². The predicted molar refractivity (Wildman–Crippen MR) is 89.6 cm³/mol. The van der Waals surface area contributed by atoms with Crippen LogP contribution in [0.4, 0.5) is 13.9 Å². The number of thiazole rings is 1. The summed E-state index contributed by atoms with van der Waals surface area (Å²) in [6.07, 6.45) is 2.43. The van der Waals surface area contributed by atoms with Crippen molar-refractivity contribution < 1.29 is 13.6 Å². The molecule has 4 nitrogen and oxygen atoms in total. The fourth-order valence-corrected chi connectivity index (χ4v) is 3.72. The maximum atomic E-state index is 13.3. The summed E-state index contributed by atoms with van der Waals surface area (Å²) < 4.78 is 26.5. The number of nitrogens with two attached hydrogens (primary N) is 1. The van der Waals surface area contributed by atoms with Crippen LogP contribution in [0.3, 0.4) is 0 Å². The molecule has 2 heterocycles. The second-order valence-corrected chi connectivity index (χ2v) is 7.04. The number of aryl methyl sites for hydroxylation is 1. The van der Waals surface area contributed by atoms with Crippen LogP contribution in [0.5, 0.6) is 0 Å². The molecule has 0 aliphatic carbocycles. The Morgan fingerprint density at radius 1 is 1.33 bits per heavy atom. The molecule has 0 bridgehead atoms. The topological polar surface area (TPSA) is 59.2 Å². The van der Waals surface area contributed by atoms with Crippen molar-refractivity contribution >= 4 is 22.4 Å². The Kier molecular flexibility index (Phi) is 5.08. The van der Waals surface area contributed by atoms with Crippen LogP contribution in [0, 0.1) is 17.6 Å². The molecular formula is C17H19F2N3OS. The third-order valence-corrected chi connectivity index (χ3v) is 4.97. The number of likely N-dealkylation sites (tertiary alicyclic amines) is 1. The van der Waals surface area contributed by atoms with Gasteiger partial charge in [0.15, 0.2) is 5.13 Å². The quantitative estimate of drug-likeness (QED) is 0.901. The number of amides is 1. The molecule has 0 spiro atoms. The van der Waals surface area contributed by atoms with Gasteiger partial charge in [0.1, 0.15) is 11.6 Å². The van der Waals surface area contributed by atoms with Gasteiger partial charge in [-0.25, -0.2) is 13.8 Å². The zero-order valence-corrected chi connectivity index (χ0v) is 14.0. The van der Waals surface area contributed by atoms with Crippen molar-refractivity contribution in [2.24, 2.45) is 5.92 Å². The van der Waals surface area contributed by atoms with Crippen LogP contribution >= 0.6 is 11.3 Å². The van der Waals surface area contributed by atoms with Crippen LogP contribution in [-0.2, 0) is 17.6 Å². The van der Waals surface area contributed by atoms with Gasteiger partial charge in [-0.15, -0.1) is 11.3 Å². The molecule has 1 unspecified atom stereocenters. The van der Waals surface area contributed by atoms with E-state index >= 15 is 0 Å². The minimum atomic E-state index is -0.557. The highest BCUT2D eigenvalue weighted by Gasteiger charge is 2.26. The Hall–Kier alpha value is -2.02. The van der Waals surface area contributed by atoms with E-state index in [1.807, 2.05) is 10.3 Å². The molecule has 24 heavy (non-hydrogen) atoms. The number of hydrogen-bond acceptors (Lipinski definition) is 4. The summed E-state index contributed by atoms with van der Waals surface area (Å²) in [7, 11) is 0. The van der Waals surface area contributed by atoms with Gasteiger partial charge in [0, 0.05) is 31.0 Å². The number of halogens is 2. The molecule has 1 aromatic carbocycles. The lowest BCUT2D eigenvalue weighted by atomic mass is 9.98. The second kappa shape index (κ2) is 7.25. The Balaban J connectivity index is 1.50. The Bertz CT molecular complexity index is 714. The van der Waals surface area contributed by atoms with Gasteiger partial charge < -0.3 is 10.6 Å². The van der Waals surface area contributed by atoms with E-state index in [2.05, 4.69) is 4.98 Å². The van der Waals surface area contributed by atoms with E-state index in [0.717, 1.165) is 18.2 Å². The summed E-state index contributed by atoms with van der Waals surface area (Å²) in [5, 5.41) is 2.38. The number of anilines is 1. The second-order valence-electron chi connectivity index (χ2n) is 6.15. The number of carbonyl (C=O) groups excluding carboxylic acids is 1. The molecular weight excluding hydrogens is 332 g/mol. The van der Waals surface area contributed by atoms with E-state index in [4.69, 9.17) is 5.73 Å². The average molecular weight is 351 g/mol. The van der Waals surface area contributed by atoms with Gasteiger partial charge in [0.2, 0.25) is 5.91 Å². The van der Waals surface area contributed by atoms with E-state index in [1.165, 1.54) is 23.5 Å². The Morgan fingerprint density at radius 3 is 2.75 bits per heavy atom. The highest BCUT2D eigenvalue weighted by atomic mass is 32.1. The van der Waals surface area contributed by atoms with E-state index < -0.39 is 11.6 Å². The number of rotatable bonds is 5. The number of carbonyl (C=O) groups is 1. The molecule has 0 radical (unpaired) electrons. The molecule has 2 N–H and O–H groups in total. The minimum absolute atomic E-state index is 0.0921. The lowest BCUT2D eigenvalue weighted by Gasteiger charge is -2.16. The van der Waals surface area contributed by atoms with Crippen LogP contribution in [0.1, 0.15) is 24.1 Å². The van der Waals surface area contributed by atoms with Crippen LogP contribution in [0.2, 0.25) is 0 Å². The monoisotopic (exact) mass is 351 g/mol. The Labute approximate surface area is 143 Å². The predicted octanol–water partition coefficient (Wildman–Crippen LogP) is 3.03. The maximum Gasteiger partial charge on any atom is 0.222 e. The van der Waals surface area contributed by atoms with Gasteiger partial charge in [-0.2, -0.15) is 0 Å². The number of aromatic nitrogens is 1. The zero-order valence-electron chi connectivity index (χ0n) is 13.2. The van der Waals surface area contributed by atoms with E-state index in [-0.39, 0.29) is 11.8 Å². The number of hydrogen-bond donors (Lipinski definition) is 1. The van der Waals surface area contributed by atoms with Crippen molar-refractivity contribution in [2.75, 3.05) is 18.8 Å². The third-order valence-electron chi connectivity index (χ3n) is 4.25. The fourth-order valence-electron chi connectivity index (χ4n) is 3.12. The molecule has 1 aliphatic heterocycles. The summed E-state index contributed by atoms with van der Waals surface area (Å²) in [6, 6.07) is 3.60. The third kappa shape index (κ3) is 4.29. The SMILES string of the molecule is Nc1nc(CCC(=O)N2CCC(Cc3cc(F)cc(F)c3)C2)cs1. The van der Waals surface area contributed by atoms with Crippen molar-refractivity contribution in [2.45, 2.75) is 25.7 Å². The molecule has 1 aromatic heterocycles. The first-order chi connectivity index (χ1) is 11.5. The first-order valence-corrected chi connectivity index (χ1v) is 8.80. The molecule has 1 saturated heterocycles. The molecule has 0 saturated carbocycles. The van der Waals surface area contributed by atoms with Crippen molar-refractivity contribution in [1.29, 1.82) is 0 Å². The zero-order chi connectivity index (χ0) is 17.1. The number of nitrogen functional groups attached to an aromatic ring is 1. The van der Waals surface area contributed by atoms with Crippen molar-refractivity contribution in [3.63, 3.8) is 0 Å². The molecule has 1 atom stereocenters. The number of nitrogens with zero attached hydrogens (tertiary/aromatic N) is 2. The Morgan fingerprint density at radius 2 is 2.08 bits per heavy atom. The molecule has 3 rings (SSSR count).